The SMILES string of the molecule is CN=C1NC2=C(S(=O)(=O)Nc3ccc(C(=O)N4CCC(O)(CC(C)C)CC4)cc3)C=CCC2S1. The van der Waals surface area contributed by atoms with Gasteiger partial charge in [-0.25, -0.2) is 8.42 Å². The Labute approximate surface area is 205 Å². The lowest BCUT2D eigenvalue weighted by Gasteiger charge is -2.39. The molecule has 1 aromatic rings. The highest BCUT2D eigenvalue weighted by Gasteiger charge is 2.35. The zero-order chi connectivity index (χ0) is 24.5. The number of fused-ring (bicyclic) bond motifs is 1. The molecule has 2 fully saturated rings. The summed E-state index contributed by atoms with van der Waals surface area (Å²) in [5.74, 6) is 0.294. The molecule has 0 bridgehead atoms. The van der Waals surface area contributed by atoms with Gasteiger partial charge in [-0.2, -0.15) is 0 Å². The normalized spacial score (nSPS) is 23.3. The van der Waals surface area contributed by atoms with Crippen molar-refractivity contribution in [2.75, 3.05) is 24.9 Å². The van der Waals surface area contributed by atoms with Crippen LogP contribution in [0.2, 0.25) is 0 Å². The van der Waals surface area contributed by atoms with Gasteiger partial charge in [-0.05, 0) is 61.9 Å². The second-order valence-electron chi connectivity index (χ2n) is 9.47. The molecule has 10 heteroatoms. The van der Waals surface area contributed by atoms with Crippen LogP contribution in [0.1, 0.15) is 49.9 Å². The quantitative estimate of drug-likeness (QED) is 0.548. The minimum Gasteiger partial charge on any atom is -0.390 e. The van der Waals surface area contributed by atoms with Gasteiger partial charge in [0, 0.05) is 31.4 Å². The molecule has 1 unspecified atom stereocenters. The molecule has 8 nitrogen and oxygen atoms in total. The molecule has 1 atom stereocenters. The lowest BCUT2D eigenvalue weighted by atomic mass is 9.84. The number of anilines is 1. The summed E-state index contributed by atoms with van der Waals surface area (Å²) in [7, 11) is -2.14. The van der Waals surface area contributed by atoms with Crippen molar-refractivity contribution in [2.45, 2.75) is 50.4 Å². The lowest BCUT2D eigenvalue weighted by Crippen LogP contribution is -2.47. The number of rotatable bonds is 6. The molecule has 1 aliphatic carbocycles. The van der Waals surface area contributed by atoms with E-state index in [2.05, 4.69) is 28.9 Å². The average Bonchev–Trinajstić information content (AvgIpc) is 3.22. The van der Waals surface area contributed by atoms with Crippen LogP contribution in [-0.4, -0.2) is 60.5 Å². The molecular formula is C24H32N4O4S2. The third-order valence-corrected chi connectivity index (χ3v) is 9.01. The van der Waals surface area contributed by atoms with Crippen LogP contribution < -0.4 is 10.0 Å². The third-order valence-electron chi connectivity index (χ3n) is 6.35. The molecule has 1 aromatic carbocycles. The maximum Gasteiger partial charge on any atom is 0.263 e. The molecule has 2 saturated heterocycles. The summed E-state index contributed by atoms with van der Waals surface area (Å²) in [6.45, 7) is 5.19. The highest BCUT2D eigenvalue weighted by atomic mass is 32.2. The molecule has 0 aromatic heterocycles. The van der Waals surface area contributed by atoms with E-state index in [0.29, 0.717) is 54.0 Å². The molecule has 1 amide bonds. The maximum absolute atomic E-state index is 13.1. The van der Waals surface area contributed by atoms with E-state index in [1.807, 2.05) is 6.08 Å². The average molecular weight is 505 g/mol. The van der Waals surface area contributed by atoms with E-state index in [-0.39, 0.29) is 16.1 Å². The summed E-state index contributed by atoms with van der Waals surface area (Å²) >= 11 is 1.52. The zero-order valence-corrected chi connectivity index (χ0v) is 21.4. The van der Waals surface area contributed by atoms with E-state index in [9.17, 15) is 18.3 Å². The van der Waals surface area contributed by atoms with Gasteiger partial charge in [-0.3, -0.25) is 14.5 Å². The van der Waals surface area contributed by atoms with Gasteiger partial charge in [0.15, 0.2) is 5.17 Å². The monoisotopic (exact) mass is 504 g/mol. The van der Waals surface area contributed by atoms with Gasteiger partial charge in [-0.1, -0.05) is 31.7 Å². The van der Waals surface area contributed by atoms with Gasteiger partial charge in [0.25, 0.3) is 15.9 Å². The van der Waals surface area contributed by atoms with Crippen molar-refractivity contribution in [2.24, 2.45) is 10.9 Å². The van der Waals surface area contributed by atoms with Crippen molar-refractivity contribution in [1.29, 1.82) is 0 Å². The Hall–Kier alpha value is -2.30. The highest BCUT2D eigenvalue weighted by molar-refractivity contribution is 8.15. The predicted molar refractivity (Wildman–Crippen MR) is 137 cm³/mol. The van der Waals surface area contributed by atoms with Gasteiger partial charge in [-0.15, -0.1) is 0 Å². The number of piperidine rings is 1. The molecule has 2 heterocycles. The van der Waals surface area contributed by atoms with Crippen molar-refractivity contribution >= 4 is 38.5 Å². The standard InChI is InChI=1S/C24H32N4O4S2/c1-16(2)15-24(30)11-13-28(14-12-24)22(29)17-7-9-18(10-8-17)27-34(31,32)20-6-4-5-19-21(20)26-23(25-3)33-19/h4,6-10,16,19,27,30H,5,11-15H2,1-3H3,(H,25,26). The molecule has 0 spiro atoms. The first-order valence-corrected chi connectivity index (χ1v) is 13.9. The maximum atomic E-state index is 13.1. The summed E-state index contributed by atoms with van der Waals surface area (Å²) in [5.41, 5.74) is 0.829. The van der Waals surface area contributed by atoms with Crippen LogP contribution in [0.25, 0.3) is 0 Å². The number of aliphatic hydroxyl groups is 1. The molecule has 184 valence electrons. The smallest absolute Gasteiger partial charge is 0.263 e. The number of aliphatic imine (C=N–C) groups is 1. The molecule has 0 saturated carbocycles. The third kappa shape index (κ3) is 5.34. The number of amidine groups is 1. The topological polar surface area (TPSA) is 111 Å². The van der Waals surface area contributed by atoms with Gasteiger partial charge in [0.05, 0.1) is 16.5 Å². The van der Waals surface area contributed by atoms with E-state index in [0.717, 1.165) is 12.8 Å². The van der Waals surface area contributed by atoms with E-state index >= 15 is 0 Å². The number of hydrogen-bond donors (Lipinski definition) is 3. The number of sulfonamides is 1. The fourth-order valence-electron chi connectivity index (χ4n) is 4.70. The lowest BCUT2D eigenvalue weighted by molar-refractivity contribution is -0.0311. The molecule has 2 aliphatic heterocycles. The van der Waals surface area contributed by atoms with Crippen LogP contribution in [0.15, 0.2) is 52.0 Å². The summed E-state index contributed by atoms with van der Waals surface area (Å²) < 4.78 is 28.8. The van der Waals surface area contributed by atoms with Crippen LogP contribution in [0.5, 0.6) is 0 Å². The van der Waals surface area contributed by atoms with Crippen LogP contribution in [0, 0.1) is 5.92 Å². The second kappa shape index (κ2) is 9.75. The summed E-state index contributed by atoms with van der Waals surface area (Å²) in [6, 6.07) is 6.49. The Morgan fingerprint density at radius 2 is 1.97 bits per heavy atom. The van der Waals surface area contributed by atoms with E-state index in [1.165, 1.54) is 11.8 Å². The number of likely N-dealkylation sites (tertiary alicyclic amines) is 1. The molecular weight excluding hydrogens is 472 g/mol. The van der Waals surface area contributed by atoms with E-state index in [4.69, 9.17) is 0 Å². The molecule has 3 N–H and O–H groups in total. The molecule has 4 rings (SSSR count). The Morgan fingerprint density at radius 1 is 1.29 bits per heavy atom. The summed E-state index contributed by atoms with van der Waals surface area (Å²) in [5, 5.41) is 14.6. The highest BCUT2D eigenvalue weighted by Crippen LogP contribution is 2.36. The fourth-order valence-corrected chi connectivity index (χ4v) is 7.14. The number of benzene rings is 1. The minimum absolute atomic E-state index is 0.0120. The summed E-state index contributed by atoms with van der Waals surface area (Å²) in [6.07, 6.45) is 6.09. The van der Waals surface area contributed by atoms with Gasteiger partial charge in [0.1, 0.15) is 4.91 Å². The molecule has 3 aliphatic rings. The van der Waals surface area contributed by atoms with Crippen molar-refractivity contribution in [3.8, 4) is 0 Å². The van der Waals surface area contributed by atoms with Crippen LogP contribution in [0.4, 0.5) is 5.69 Å². The van der Waals surface area contributed by atoms with Crippen molar-refractivity contribution in [3.05, 3.63) is 52.6 Å². The number of carbonyl (C=O) groups excluding carboxylic acids is 1. The zero-order valence-electron chi connectivity index (χ0n) is 19.7. The van der Waals surface area contributed by atoms with Gasteiger partial charge in [0.2, 0.25) is 0 Å². The number of hydrogen-bond acceptors (Lipinski definition) is 6. The number of amides is 1. The van der Waals surface area contributed by atoms with Gasteiger partial charge >= 0.3 is 0 Å². The first kappa shape index (κ1) is 24.8. The first-order chi connectivity index (χ1) is 16.1. The van der Waals surface area contributed by atoms with Gasteiger partial charge < -0.3 is 15.3 Å². The fraction of sp³-hybridized carbons (Fsp3) is 0.500. The summed E-state index contributed by atoms with van der Waals surface area (Å²) in [4.78, 5) is 19.0. The second-order valence-corrected chi connectivity index (χ2v) is 12.3. The Bertz CT molecular complexity index is 1130. The van der Waals surface area contributed by atoms with E-state index < -0.39 is 15.6 Å². The minimum atomic E-state index is -3.81. The Balaban J connectivity index is 1.42. The van der Waals surface area contributed by atoms with Crippen molar-refractivity contribution in [1.82, 2.24) is 10.2 Å². The number of carbonyl (C=O) groups is 1. The number of nitrogens with zero attached hydrogens (tertiary/aromatic N) is 2. The predicted octanol–water partition coefficient (Wildman–Crippen LogP) is 3.30. The molecule has 0 radical (unpaired) electrons. The molecule has 34 heavy (non-hydrogen) atoms. The largest absolute Gasteiger partial charge is 0.390 e. The van der Waals surface area contributed by atoms with Crippen molar-refractivity contribution in [3.63, 3.8) is 0 Å². The van der Waals surface area contributed by atoms with E-state index in [1.54, 1.807) is 42.3 Å². The number of nitrogens with one attached hydrogen (secondary N) is 2. The van der Waals surface area contributed by atoms with Crippen LogP contribution >= 0.6 is 11.8 Å². The van der Waals surface area contributed by atoms with Crippen LogP contribution in [-0.2, 0) is 10.0 Å². The van der Waals surface area contributed by atoms with Crippen LogP contribution in [0.3, 0.4) is 0 Å². The number of thioether (sulfide) groups is 1. The Kier molecular flexibility index (Phi) is 7.12. The Morgan fingerprint density at radius 3 is 2.59 bits per heavy atom. The number of allylic oxidation sites excluding steroid dienone is 2. The van der Waals surface area contributed by atoms with Crippen molar-refractivity contribution < 1.29 is 18.3 Å². The first-order valence-electron chi connectivity index (χ1n) is 11.6.